The second kappa shape index (κ2) is 7.58. The summed E-state index contributed by atoms with van der Waals surface area (Å²) in [5.74, 6) is 0.00852. The van der Waals surface area contributed by atoms with Crippen molar-refractivity contribution in [3.05, 3.63) is 12.4 Å². The monoisotopic (exact) mass is 187 g/mol. The lowest BCUT2D eigenvalue weighted by molar-refractivity contribution is 0.431. The molecule has 0 aliphatic heterocycles. The Kier molecular flexibility index (Phi) is 6.96. The van der Waals surface area contributed by atoms with Crippen molar-refractivity contribution < 1.29 is 4.39 Å². The number of nitrogens with one attached hydrogen (secondary N) is 1. The summed E-state index contributed by atoms with van der Waals surface area (Å²) in [6, 6.07) is 0. The molecule has 0 radical (unpaired) electrons. The number of nitrogens with two attached hydrogens (primary N) is 1. The van der Waals surface area contributed by atoms with Gasteiger partial charge in [0.25, 0.3) is 0 Å². The average Bonchev–Trinajstić information content (AvgIpc) is 2.10. The van der Waals surface area contributed by atoms with Crippen LogP contribution in [0.2, 0.25) is 0 Å². The molecule has 0 aliphatic rings. The molecule has 0 bridgehead atoms. The van der Waals surface area contributed by atoms with Gasteiger partial charge in [0.15, 0.2) is 5.96 Å². The summed E-state index contributed by atoms with van der Waals surface area (Å²) in [5, 5.41) is 7.21. The van der Waals surface area contributed by atoms with E-state index < -0.39 is 0 Å². The van der Waals surface area contributed by atoms with Gasteiger partial charge in [-0.25, -0.2) is 4.39 Å². The molecule has 0 fully saturated rings. The lowest BCUT2D eigenvalue weighted by Crippen LogP contribution is -2.37. The summed E-state index contributed by atoms with van der Waals surface area (Å²) in [6.45, 7) is 3.22. The molecule has 0 aromatic rings. The van der Waals surface area contributed by atoms with Gasteiger partial charge >= 0.3 is 0 Å². The highest BCUT2D eigenvalue weighted by atomic mass is 19.1. The van der Waals surface area contributed by atoms with Gasteiger partial charge in [-0.3, -0.25) is 5.41 Å². The second-order valence-electron chi connectivity index (χ2n) is 2.90. The first kappa shape index (κ1) is 11.9. The Bertz CT molecular complexity index is 168. The van der Waals surface area contributed by atoms with E-state index in [1.54, 1.807) is 4.90 Å². The first-order chi connectivity index (χ1) is 6.22. The minimum atomic E-state index is 0.00852. The van der Waals surface area contributed by atoms with E-state index in [2.05, 4.69) is 6.92 Å². The van der Waals surface area contributed by atoms with Crippen LogP contribution in [0.3, 0.4) is 0 Å². The van der Waals surface area contributed by atoms with E-state index in [0.29, 0.717) is 12.9 Å². The van der Waals surface area contributed by atoms with Crippen LogP contribution in [0.25, 0.3) is 0 Å². The maximum absolute atomic E-state index is 11.7. The fourth-order valence-electron chi connectivity index (χ4n) is 1.03. The largest absolute Gasteiger partial charge is 0.370 e. The summed E-state index contributed by atoms with van der Waals surface area (Å²) in [5.41, 5.74) is 5.31. The molecule has 3 N–H and O–H groups in total. The highest BCUT2D eigenvalue weighted by molar-refractivity contribution is 5.74. The Balaban J connectivity index is 3.74. The molecular weight excluding hydrogens is 169 g/mol. The third-order valence-corrected chi connectivity index (χ3v) is 1.79. The third-order valence-electron chi connectivity index (χ3n) is 1.79. The van der Waals surface area contributed by atoms with E-state index in [-0.39, 0.29) is 5.96 Å². The molecule has 4 heteroatoms. The van der Waals surface area contributed by atoms with Crippen molar-refractivity contribution in [1.29, 1.82) is 5.41 Å². The van der Waals surface area contributed by atoms with Gasteiger partial charge in [0.1, 0.15) is 0 Å². The predicted octanol–water partition coefficient (Wildman–Crippen LogP) is 1.86. The van der Waals surface area contributed by atoms with Gasteiger partial charge in [-0.1, -0.05) is 19.8 Å². The highest BCUT2D eigenvalue weighted by Crippen LogP contribution is 1.98. The first-order valence-corrected chi connectivity index (χ1v) is 4.56. The number of hydrogen-bond donors (Lipinski definition) is 2. The predicted molar refractivity (Wildman–Crippen MR) is 53.3 cm³/mol. The molecule has 13 heavy (non-hydrogen) atoms. The molecule has 0 heterocycles. The van der Waals surface area contributed by atoms with Crippen LogP contribution < -0.4 is 5.73 Å². The summed E-state index contributed by atoms with van der Waals surface area (Å²) in [4.78, 5) is 1.64. The fraction of sp³-hybridized carbons (Fsp3) is 0.667. The van der Waals surface area contributed by atoms with Gasteiger partial charge < -0.3 is 10.6 Å². The molecular formula is C9H18FN3. The van der Waals surface area contributed by atoms with Gasteiger partial charge in [0.2, 0.25) is 0 Å². The van der Waals surface area contributed by atoms with Gasteiger partial charge in [-0.15, -0.1) is 0 Å². The van der Waals surface area contributed by atoms with E-state index in [1.807, 2.05) is 0 Å². The summed E-state index contributed by atoms with van der Waals surface area (Å²) in [7, 11) is 0. The van der Waals surface area contributed by atoms with Gasteiger partial charge in [-0.2, -0.15) is 0 Å². The fourth-order valence-corrected chi connectivity index (χ4v) is 1.03. The molecule has 0 rings (SSSR count). The molecule has 0 aliphatic carbocycles. The number of unbranched alkanes of at least 4 members (excludes halogenated alkanes) is 2. The van der Waals surface area contributed by atoms with Crippen molar-refractivity contribution >= 4 is 5.96 Å². The van der Waals surface area contributed by atoms with Crippen molar-refractivity contribution in [1.82, 2.24) is 4.90 Å². The number of hydrogen-bond acceptors (Lipinski definition) is 1. The van der Waals surface area contributed by atoms with Crippen molar-refractivity contribution in [3.8, 4) is 0 Å². The quantitative estimate of drug-likeness (QED) is 0.379. The molecule has 0 saturated carbocycles. The molecule has 0 saturated heterocycles. The zero-order valence-corrected chi connectivity index (χ0v) is 8.09. The Labute approximate surface area is 78.9 Å². The Morgan fingerprint density at radius 3 is 2.69 bits per heavy atom. The highest BCUT2D eigenvalue weighted by Gasteiger charge is 2.02. The van der Waals surface area contributed by atoms with Crippen LogP contribution in [0.5, 0.6) is 0 Å². The topological polar surface area (TPSA) is 53.1 Å². The minimum Gasteiger partial charge on any atom is -0.370 e. The molecule has 0 atom stereocenters. The molecule has 3 nitrogen and oxygen atoms in total. The number of guanidine groups is 1. The average molecular weight is 187 g/mol. The van der Waals surface area contributed by atoms with E-state index in [1.165, 1.54) is 6.08 Å². The smallest absolute Gasteiger partial charge is 0.188 e. The minimum absolute atomic E-state index is 0.00852. The lowest BCUT2D eigenvalue weighted by atomic mass is 10.2. The van der Waals surface area contributed by atoms with Crippen molar-refractivity contribution in [2.75, 3.05) is 13.1 Å². The Morgan fingerprint density at radius 2 is 2.23 bits per heavy atom. The lowest BCUT2D eigenvalue weighted by Gasteiger charge is -2.20. The normalized spacial score (nSPS) is 10.6. The van der Waals surface area contributed by atoms with Crippen molar-refractivity contribution in [2.24, 2.45) is 5.73 Å². The van der Waals surface area contributed by atoms with E-state index in [9.17, 15) is 4.39 Å². The van der Waals surface area contributed by atoms with Crippen LogP contribution in [0.15, 0.2) is 12.4 Å². The third kappa shape index (κ3) is 6.13. The van der Waals surface area contributed by atoms with Crippen LogP contribution in [0.1, 0.15) is 26.2 Å². The standard InChI is InChI=1S/C9H18FN3/c1-2-3-4-7-13(9(11)12)8-5-6-10/h5-6H,2-4,7-8H2,1H3,(H3,11,12). The first-order valence-electron chi connectivity index (χ1n) is 4.56. The zero-order chi connectivity index (χ0) is 10.1. The van der Waals surface area contributed by atoms with Crippen LogP contribution in [-0.4, -0.2) is 23.9 Å². The summed E-state index contributed by atoms with van der Waals surface area (Å²) in [6.07, 6.45) is 5.08. The number of rotatable bonds is 6. The molecule has 0 spiro atoms. The van der Waals surface area contributed by atoms with Crippen LogP contribution >= 0.6 is 0 Å². The number of nitrogens with zero attached hydrogens (tertiary/aromatic N) is 1. The van der Waals surface area contributed by atoms with E-state index in [0.717, 1.165) is 25.8 Å². The zero-order valence-electron chi connectivity index (χ0n) is 8.09. The van der Waals surface area contributed by atoms with Crippen LogP contribution in [0.4, 0.5) is 4.39 Å². The van der Waals surface area contributed by atoms with Gasteiger partial charge in [0, 0.05) is 13.1 Å². The maximum atomic E-state index is 11.7. The second-order valence-corrected chi connectivity index (χ2v) is 2.90. The molecule has 0 aromatic heterocycles. The maximum Gasteiger partial charge on any atom is 0.188 e. The summed E-state index contributed by atoms with van der Waals surface area (Å²) < 4.78 is 11.7. The SMILES string of the molecule is CCCCCN(CC=CF)C(=N)N. The van der Waals surface area contributed by atoms with E-state index >= 15 is 0 Å². The van der Waals surface area contributed by atoms with Gasteiger partial charge in [0.05, 0.1) is 6.33 Å². The molecule has 0 unspecified atom stereocenters. The molecule has 0 amide bonds. The van der Waals surface area contributed by atoms with E-state index in [4.69, 9.17) is 11.1 Å². The summed E-state index contributed by atoms with van der Waals surface area (Å²) >= 11 is 0. The van der Waals surface area contributed by atoms with Crippen LogP contribution in [-0.2, 0) is 0 Å². The van der Waals surface area contributed by atoms with Crippen molar-refractivity contribution in [3.63, 3.8) is 0 Å². The number of halogens is 1. The van der Waals surface area contributed by atoms with Crippen molar-refractivity contribution in [2.45, 2.75) is 26.2 Å². The van der Waals surface area contributed by atoms with Gasteiger partial charge in [-0.05, 0) is 12.5 Å². The van der Waals surface area contributed by atoms with Crippen LogP contribution in [0, 0.1) is 5.41 Å². The molecule has 0 aromatic carbocycles. The Morgan fingerprint density at radius 1 is 1.54 bits per heavy atom. The Hall–Kier alpha value is -1.06. The molecule has 76 valence electrons.